The summed E-state index contributed by atoms with van der Waals surface area (Å²) in [4.78, 5) is 10.5. The molecule has 3 N–H and O–H groups in total. The van der Waals surface area contributed by atoms with Gasteiger partial charge < -0.3 is 20.1 Å². The Morgan fingerprint density at radius 1 is 1.69 bits per heavy atom. The van der Waals surface area contributed by atoms with Crippen LogP contribution in [-0.2, 0) is 6.54 Å². The SMILES string of the molecule is O=C(O)c1cc(CNCC(O)C2CC2)on1. The van der Waals surface area contributed by atoms with Crippen molar-refractivity contribution in [3.63, 3.8) is 0 Å². The summed E-state index contributed by atoms with van der Waals surface area (Å²) in [7, 11) is 0. The molecule has 6 heteroatoms. The van der Waals surface area contributed by atoms with Crippen molar-refractivity contribution in [2.75, 3.05) is 6.54 Å². The molecule has 6 nitrogen and oxygen atoms in total. The second-order valence-corrected chi connectivity index (χ2v) is 4.02. The standard InChI is InChI=1S/C10H14N2O4/c13-9(6-1-2-6)5-11-4-7-3-8(10(14)15)12-16-7/h3,6,9,11,13H,1-2,4-5H2,(H,14,15). The Morgan fingerprint density at radius 2 is 2.44 bits per heavy atom. The van der Waals surface area contributed by atoms with Crippen LogP contribution in [-0.4, -0.2) is 34.0 Å². The highest BCUT2D eigenvalue weighted by Crippen LogP contribution is 2.32. The summed E-state index contributed by atoms with van der Waals surface area (Å²) >= 11 is 0. The number of hydrogen-bond acceptors (Lipinski definition) is 5. The number of aromatic nitrogens is 1. The van der Waals surface area contributed by atoms with Gasteiger partial charge in [0.15, 0.2) is 11.5 Å². The number of carboxylic acids is 1. The zero-order valence-corrected chi connectivity index (χ0v) is 8.72. The first-order valence-electron chi connectivity index (χ1n) is 5.24. The van der Waals surface area contributed by atoms with Crippen LogP contribution in [0.4, 0.5) is 0 Å². The van der Waals surface area contributed by atoms with Crippen LogP contribution in [0, 0.1) is 5.92 Å². The van der Waals surface area contributed by atoms with Gasteiger partial charge in [-0.15, -0.1) is 0 Å². The Balaban J connectivity index is 1.73. The summed E-state index contributed by atoms with van der Waals surface area (Å²) in [5.41, 5.74) is -0.0976. The fourth-order valence-electron chi connectivity index (χ4n) is 1.49. The van der Waals surface area contributed by atoms with Crippen LogP contribution in [0.1, 0.15) is 29.1 Å². The lowest BCUT2D eigenvalue weighted by atomic mass is 10.2. The topological polar surface area (TPSA) is 95.6 Å². The molecule has 1 aliphatic carbocycles. The van der Waals surface area contributed by atoms with E-state index in [4.69, 9.17) is 9.63 Å². The smallest absolute Gasteiger partial charge is 0.358 e. The van der Waals surface area contributed by atoms with Gasteiger partial charge in [0.25, 0.3) is 0 Å². The molecular formula is C10H14N2O4. The molecule has 1 heterocycles. The Hall–Kier alpha value is -1.40. The predicted octanol–water partition coefficient (Wildman–Crippen LogP) is 0.233. The van der Waals surface area contributed by atoms with Gasteiger partial charge in [0.2, 0.25) is 0 Å². The molecule has 0 saturated heterocycles. The van der Waals surface area contributed by atoms with Crippen molar-refractivity contribution in [3.05, 3.63) is 17.5 Å². The quantitative estimate of drug-likeness (QED) is 0.642. The molecule has 88 valence electrons. The number of aromatic carboxylic acids is 1. The van der Waals surface area contributed by atoms with Crippen LogP contribution in [0.3, 0.4) is 0 Å². The van der Waals surface area contributed by atoms with Gasteiger partial charge in [-0.1, -0.05) is 5.16 Å². The highest BCUT2D eigenvalue weighted by atomic mass is 16.5. The van der Waals surface area contributed by atoms with Crippen molar-refractivity contribution in [1.82, 2.24) is 10.5 Å². The van der Waals surface area contributed by atoms with E-state index in [0.29, 0.717) is 24.8 Å². The van der Waals surface area contributed by atoms with Crippen LogP contribution in [0.15, 0.2) is 10.6 Å². The van der Waals surface area contributed by atoms with Gasteiger partial charge in [-0.05, 0) is 18.8 Å². The van der Waals surface area contributed by atoms with E-state index in [1.54, 1.807) is 0 Å². The van der Waals surface area contributed by atoms with Gasteiger partial charge in [0, 0.05) is 12.6 Å². The van der Waals surface area contributed by atoms with Crippen molar-refractivity contribution < 1.29 is 19.5 Å². The van der Waals surface area contributed by atoms with E-state index in [0.717, 1.165) is 12.8 Å². The Kier molecular flexibility index (Phi) is 3.21. The van der Waals surface area contributed by atoms with Crippen molar-refractivity contribution in [3.8, 4) is 0 Å². The third kappa shape index (κ3) is 2.80. The number of nitrogens with zero attached hydrogens (tertiary/aromatic N) is 1. The van der Waals surface area contributed by atoms with Crippen LogP contribution in [0.5, 0.6) is 0 Å². The molecule has 0 aromatic carbocycles. The van der Waals surface area contributed by atoms with Crippen molar-refractivity contribution in [2.24, 2.45) is 5.92 Å². The Labute approximate surface area is 92.2 Å². The maximum Gasteiger partial charge on any atom is 0.358 e. The minimum Gasteiger partial charge on any atom is -0.476 e. The van der Waals surface area contributed by atoms with E-state index in [-0.39, 0.29) is 11.8 Å². The number of carbonyl (C=O) groups is 1. The monoisotopic (exact) mass is 226 g/mol. The predicted molar refractivity (Wildman–Crippen MR) is 53.9 cm³/mol. The van der Waals surface area contributed by atoms with E-state index in [1.165, 1.54) is 6.07 Å². The Bertz CT molecular complexity index is 373. The minimum atomic E-state index is -1.10. The van der Waals surface area contributed by atoms with E-state index < -0.39 is 5.97 Å². The third-order valence-electron chi connectivity index (χ3n) is 2.60. The highest BCUT2D eigenvalue weighted by molar-refractivity contribution is 5.85. The second kappa shape index (κ2) is 4.63. The van der Waals surface area contributed by atoms with E-state index in [9.17, 15) is 9.90 Å². The summed E-state index contributed by atoms with van der Waals surface area (Å²) in [5.74, 6) is -0.217. The number of aliphatic hydroxyl groups is 1. The first kappa shape index (κ1) is 11.1. The van der Waals surface area contributed by atoms with Crippen molar-refractivity contribution in [1.29, 1.82) is 0 Å². The molecule has 1 aromatic heterocycles. The van der Waals surface area contributed by atoms with Gasteiger partial charge in [0.05, 0.1) is 12.6 Å². The lowest BCUT2D eigenvalue weighted by Crippen LogP contribution is -2.27. The zero-order chi connectivity index (χ0) is 11.5. The molecule has 1 atom stereocenters. The first-order chi connectivity index (χ1) is 7.66. The molecule has 1 aliphatic rings. The molecule has 16 heavy (non-hydrogen) atoms. The molecule has 0 radical (unpaired) electrons. The average molecular weight is 226 g/mol. The lowest BCUT2D eigenvalue weighted by Gasteiger charge is -2.08. The van der Waals surface area contributed by atoms with Crippen LogP contribution >= 0.6 is 0 Å². The number of carboxylic acid groups (broad SMARTS) is 1. The van der Waals surface area contributed by atoms with E-state index >= 15 is 0 Å². The zero-order valence-electron chi connectivity index (χ0n) is 8.72. The van der Waals surface area contributed by atoms with Crippen molar-refractivity contribution >= 4 is 5.97 Å². The number of nitrogens with one attached hydrogen (secondary N) is 1. The molecule has 0 aliphatic heterocycles. The lowest BCUT2D eigenvalue weighted by molar-refractivity contribution is 0.0685. The molecule has 1 aromatic rings. The normalized spacial score (nSPS) is 17.3. The van der Waals surface area contributed by atoms with Crippen LogP contribution < -0.4 is 5.32 Å². The maximum atomic E-state index is 10.5. The summed E-state index contributed by atoms with van der Waals surface area (Å²) in [6, 6.07) is 1.37. The average Bonchev–Trinajstić information content (AvgIpc) is 2.98. The van der Waals surface area contributed by atoms with Gasteiger partial charge in [0.1, 0.15) is 0 Å². The highest BCUT2D eigenvalue weighted by Gasteiger charge is 2.29. The molecule has 0 bridgehead atoms. The molecule has 2 rings (SSSR count). The molecule has 0 spiro atoms. The van der Waals surface area contributed by atoms with Gasteiger partial charge in [-0.3, -0.25) is 0 Å². The fraction of sp³-hybridized carbons (Fsp3) is 0.600. The molecule has 1 saturated carbocycles. The molecule has 0 amide bonds. The third-order valence-corrected chi connectivity index (χ3v) is 2.60. The van der Waals surface area contributed by atoms with Gasteiger partial charge >= 0.3 is 5.97 Å². The fourth-order valence-corrected chi connectivity index (χ4v) is 1.49. The molecular weight excluding hydrogens is 212 g/mol. The summed E-state index contributed by atoms with van der Waals surface area (Å²) in [5, 5.41) is 24.5. The van der Waals surface area contributed by atoms with Gasteiger partial charge in [-0.25, -0.2) is 4.79 Å². The minimum absolute atomic E-state index is 0.0976. The van der Waals surface area contributed by atoms with Crippen LogP contribution in [0.2, 0.25) is 0 Å². The summed E-state index contributed by atoms with van der Waals surface area (Å²) < 4.78 is 4.81. The van der Waals surface area contributed by atoms with Crippen LogP contribution in [0.25, 0.3) is 0 Å². The first-order valence-corrected chi connectivity index (χ1v) is 5.24. The molecule has 1 fully saturated rings. The summed E-state index contributed by atoms with van der Waals surface area (Å²) in [6.07, 6.45) is 1.87. The van der Waals surface area contributed by atoms with E-state index in [1.807, 2.05) is 0 Å². The number of rotatable bonds is 6. The largest absolute Gasteiger partial charge is 0.476 e. The second-order valence-electron chi connectivity index (χ2n) is 4.02. The Morgan fingerprint density at radius 3 is 3.00 bits per heavy atom. The molecule has 1 unspecified atom stereocenters. The van der Waals surface area contributed by atoms with Gasteiger partial charge in [-0.2, -0.15) is 0 Å². The number of hydrogen-bond donors (Lipinski definition) is 3. The van der Waals surface area contributed by atoms with E-state index in [2.05, 4.69) is 10.5 Å². The summed E-state index contributed by atoms with van der Waals surface area (Å²) in [6.45, 7) is 0.873. The number of aliphatic hydroxyl groups excluding tert-OH is 1. The maximum absolute atomic E-state index is 10.5. The van der Waals surface area contributed by atoms with Crippen molar-refractivity contribution in [2.45, 2.75) is 25.5 Å².